The van der Waals surface area contributed by atoms with Gasteiger partial charge in [0.25, 0.3) is 0 Å². The number of nitrogens with two attached hydrogens (primary N) is 5. The van der Waals surface area contributed by atoms with Crippen molar-refractivity contribution >= 4 is 100 Å². The molecule has 706 valence electrons. The average molecular weight is 1820 g/mol. The number of carbonyl (C=O) groups excluding carboxylic acids is 12. The van der Waals surface area contributed by atoms with Crippen molar-refractivity contribution in [3.63, 3.8) is 0 Å². The Hall–Kier alpha value is -15.4. The fourth-order valence-corrected chi connectivity index (χ4v) is 12.1. The highest BCUT2D eigenvalue weighted by Crippen LogP contribution is 2.40. The van der Waals surface area contributed by atoms with Gasteiger partial charge in [0.2, 0.25) is 5.91 Å². The van der Waals surface area contributed by atoms with Crippen LogP contribution in [0, 0.1) is 12.3 Å². The maximum Gasteiger partial charge on any atom is 0.327 e. The second kappa shape index (κ2) is 55.9. The van der Waals surface area contributed by atoms with Crippen LogP contribution in [0.25, 0.3) is 0 Å². The highest BCUT2D eigenvalue weighted by molar-refractivity contribution is 5.84. The summed E-state index contributed by atoms with van der Waals surface area (Å²) in [5.41, 5.74) is 37.7. The van der Waals surface area contributed by atoms with Crippen LogP contribution in [0.2, 0.25) is 0 Å². The van der Waals surface area contributed by atoms with Gasteiger partial charge in [0.05, 0.1) is 110 Å². The molecule has 131 heavy (non-hydrogen) atoms. The Morgan fingerprint density at radius 3 is 1.16 bits per heavy atom. The number of nitrogens with zero attached hydrogens (tertiary/aromatic N) is 15. The summed E-state index contributed by atoms with van der Waals surface area (Å²) in [6.45, 7) is 15.3. The third-order valence-corrected chi connectivity index (χ3v) is 18.2. The fraction of sp³-hybridized carbons (Fsp3) is 0.424. The molecule has 11 amide bonds. The number of ether oxygens (including phenoxy) is 7. The zero-order chi connectivity index (χ0) is 95.7. The summed E-state index contributed by atoms with van der Waals surface area (Å²) in [6.07, 6.45) is 8.55. The Labute approximate surface area is 756 Å². The molecule has 3 aromatic heterocycles. The van der Waals surface area contributed by atoms with E-state index >= 15 is 0 Å². The highest BCUT2D eigenvalue weighted by Gasteiger charge is 2.37. The van der Waals surface area contributed by atoms with Crippen molar-refractivity contribution in [3.8, 4) is 12.3 Å². The molecule has 0 saturated carbocycles. The zero-order valence-electron chi connectivity index (χ0n) is 74.4. The van der Waals surface area contributed by atoms with Gasteiger partial charge in [-0.15, -0.1) is 26.8 Å². The Morgan fingerprint density at radius 1 is 0.458 bits per heavy atom. The van der Waals surface area contributed by atoms with Gasteiger partial charge in [-0.25, -0.2) is 33.3 Å². The summed E-state index contributed by atoms with van der Waals surface area (Å²) in [7, 11) is 1.64. The van der Waals surface area contributed by atoms with Crippen molar-refractivity contribution in [2.75, 3.05) is 120 Å². The standard InChI is InChI=1S/C19H26N6O5.C19H27N3O5.C17H23N7O4.C15H21N7O3.C15H19N3O3/c1-3-29-17(26)9-21-19(28)24(10-14-5-7-15(20)8-6-14)11-16-12-25(23-22-16)13-18(27)30-4-2;1-3-22(19(25)20-9-18(24)26-4-2)10-12-5-6-14-13(7-12)17-8-15(21-14)16(23)11-27-17;1-2-28-16(26)7-20-17(27)23(8-12-3-5-13(18)6-4-12)9-14-10-24(22-21-14)11-15(19)25;1-3-25-14(23)8-17-15(24)22(10-13-18-20-21(2)19-13)9-11-4-6-12(16)7-5-11;1-3-9-18(11-12-5-7-13(16)8-6-12)15(20)17-10-14(19)21-4-2/h5-8,12H,3-4,9-11,13,20H2,1-2H3,(H,21,28);5-7,15-17,21,23H,3-4,8-11H2,1-2H3,(H,20,25);3-6,10H,2,7-9,11,18H2,1H3,(H2,19,25)(H,20,27);4-7H,3,8-10,16H2,1-2H3,(H,17,24);1,5-8H,4,9-11,16H2,2H3,(H,17,20)/t;15-,16-,17-;;;/m.1.../s1. The largest absolute Gasteiger partial charge is 0.465 e. The molecule has 46 heteroatoms. The van der Waals surface area contributed by atoms with Crippen molar-refractivity contribution in [2.45, 2.75) is 139 Å². The fourth-order valence-electron chi connectivity index (χ4n) is 12.1. The van der Waals surface area contributed by atoms with Crippen LogP contribution in [0.4, 0.5) is 52.4 Å². The van der Waals surface area contributed by atoms with Gasteiger partial charge in [-0.3, -0.25) is 33.6 Å². The number of anilines is 5. The van der Waals surface area contributed by atoms with Crippen molar-refractivity contribution in [2.24, 2.45) is 12.8 Å². The van der Waals surface area contributed by atoms with Crippen LogP contribution in [0.1, 0.15) is 112 Å². The lowest BCUT2D eigenvalue weighted by Crippen LogP contribution is -2.46. The first kappa shape index (κ1) is 104. The number of hydrogen-bond donors (Lipinski definition) is 12. The molecule has 17 N–H and O–H groups in total. The number of urea groups is 5. The maximum absolute atomic E-state index is 12.7. The lowest BCUT2D eigenvalue weighted by atomic mass is 9.89. The first-order chi connectivity index (χ1) is 62.8. The zero-order valence-corrected chi connectivity index (χ0v) is 74.4. The highest BCUT2D eigenvalue weighted by atomic mass is 16.6. The lowest BCUT2D eigenvalue weighted by Gasteiger charge is -2.40. The lowest BCUT2D eigenvalue weighted by molar-refractivity contribution is -0.144. The molecule has 3 atom stereocenters. The molecule has 0 spiro atoms. The quantitative estimate of drug-likeness (QED) is 0.0115. The molecule has 2 bridgehead atoms. The van der Waals surface area contributed by atoms with Crippen molar-refractivity contribution in [1.29, 1.82) is 0 Å². The number of aromatic nitrogens is 10. The predicted octanol–water partition coefficient (Wildman–Crippen LogP) is 2.76. The Morgan fingerprint density at radius 2 is 0.802 bits per heavy atom. The minimum atomic E-state index is -0.553. The van der Waals surface area contributed by atoms with Crippen LogP contribution in [0.3, 0.4) is 0 Å². The number of aliphatic hydroxyl groups excluding tert-OH is 1. The van der Waals surface area contributed by atoms with Gasteiger partial charge < -0.3 is 123 Å². The molecule has 46 nitrogen and oxygen atoms in total. The van der Waals surface area contributed by atoms with E-state index in [2.05, 4.69) is 73.9 Å². The molecule has 1 saturated heterocycles. The second-order valence-corrected chi connectivity index (χ2v) is 28.5. The molecule has 5 aromatic carbocycles. The summed E-state index contributed by atoms with van der Waals surface area (Å²) in [6, 6.07) is 32.3. The summed E-state index contributed by atoms with van der Waals surface area (Å²) < 4.78 is 37.3. The number of fused-ring (bicyclic) bond motifs is 4. The topological polar surface area (TPSA) is 613 Å². The maximum atomic E-state index is 12.7. The van der Waals surface area contributed by atoms with Gasteiger partial charge in [0.15, 0.2) is 5.82 Å². The molecule has 8 aromatic rings. The van der Waals surface area contributed by atoms with E-state index in [0.717, 1.165) is 45.5 Å². The number of aliphatic hydroxyl groups is 1. The van der Waals surface area contributed by atoms with Crippen LogP contribution in [-0.2, 0) is 139 Å². The molecular weight excluding hydrogens is 1710 g/mol. The van der Waals surface area contributed by atoms with E-state index in [-0.39, 0.29) is 143 Å². The molecule has 5 heterocycles. The Balaban J connectivity index is 0.000000253. The first-order valence-corrected chi connectivity index (χ1v) is 41.7. The number of rotatable bonds is 38. The van der Waals surface area contributed by atoms with Crippen molar-refractivity contribution in [1.82, 2.24) is 101 Å². The number of amides is 11. The van der Waals surface area contributed by atoms with Crippen molar-refractivity contribution < 1.29 is 95.8 Å². The monoisotopic (exact) mass is 1820 g/mol. The van der Waals surface area contributed by atoms with E-state index in [9.17, 15) is 62.6 Å². The number of benzene rings is 5. The third-order valence-electron chi connectivity index (χ3n) is 18.2. The summed E-state index contributed by atoms with van der Waals surface area (Å²) in [4.78, 5) is 150. The number of esters is 6. The number of terminal acetylenes is 1. The SMILES string of the molecule is C#CCN(Cc1ccc(N)cc1)C(=O)NCC(=O)OCC.CCOC(=O)CNC(=O)N(CC)Cc1ccc2c(c1)[C@H]1C[C@@H](N2)[C@H](O)CO1.CCOC(=O)CNC(=O)N(Cc1ccc(N)cc1)Cc1cn(CC(=O)OCC)nn1.CCOC(=O)CNC(=O)N(Cc1ccc(N)cc1)Cc1cn(CC(N)=O)nn1.CCOC(=O)CNC(=O)N(Cc1ccc(N)cc1)Cc1nnn(C)n1. The number of nitrogens with one attached hydrogen (secondary N) is 6. The molecule has 1 fully saturated rings. The van der Waals surface area contributed by atoms with Crippen LogP contribution in [0.5, 0.6) is 0 Å². The van der Waals surface area contributed by atoms with E-state index < -0.39 is 72.0 Å². The van der Waals surface area contributed by atoms with Crippen LogP contribution < -0.4 is 60.6 Å². The van der Waals surface area contributed by atoms with Gasteiger partial charge in [0.1, 0.15) is 57.2 Å². The summed E-state index contributed by atoms with van der Waals surface area (Å²) in [5.74, 6) is -0.672. The number of nitrogen functional groups attached to an aromatic ring is 4. The minimum absolute atomic E-state index is 0.0166. The van der Waals surface area contributed by atoms with Crippen LogP contribution in [0.15, 0.2) is 128 Å². The number of tetrazole rings is 1. The Bertz CT molecular complexity index is 5030. The molecule has 0 aliphatic carbocycles. The van der Waals surface area contributed by atoms with E-state index in [1.54, 1.807) is 132 Å². The number of aryl methyl sites for hydroxylation is 1. The van der Waals surface area contributed by atoms with E-state index in [1.807, 2.05) is 49.4 Å². The van der Waals surface area contributed by atoms with Gasteiger partial charge in [-0.2, -0.15) is 4.80 Å². The number of primary amides is 1. The van der Waals surface area contributed by atoms with Crippen molar-refractivity contribution in [3.05, 3.63) is 178 Å². The minimum Gasteiger partial charge on any atom is -0.465 e. The van der Waals surface area contributed by atoms with Crippen LogP contribution >= 0.6 is 0 Å². The van der Waals surface area contributed by atoms with E-state index in [4.69, 9.17) is 68.2 Å². The smallest absolute Gasteiger partial charge is 0.327 e. The van der Waals surface area contributed by atoms with Gasteiger partial charge in [0, 0.05) is 79.7 Å². The third kappa shape index (κ3) is 38.7. The average Bonchev–Trinajstić information content (AvgIpc) is 1.41. The first-order valence-electron chi connectivity index (χ1n) is 41.7. The van der Waals surface area contributed by atoms with Gasteiger partial charge in [-0.05, 0) is 142 Å². The number of carbonyl (C=O) groups is 12. The molecule has 2 aliphatic rings. The van der Waals surface area contributed by atoms with Gasteiger partial charge >= 0.3 is 66.0 Å². The molecule has 0 unspecified atom stereocenters. The van der Waals surface area contributed by atoms with Crippen LogP contribution in [-0.4, -0.2) is 256 Å². The molecule has 10 rings (SSSR count). The number of hydrogen-bond acceptors (Lipinski definition) is 32. The predicted molar refractivity (Wildman–Crippen MR) is 474 cm³/mol. The second-order valence-electron chi connectivity index (χ2n) is 28.5. The summed E-state index contributed by atoms with van der Waals surface area (Å²) >= 11 is 0. The normalized spacial score (nSPS) is 12.8. The van der Waals surface area contributed by atoms with Gasteiger partial charge in [-0.1, -0.05) is 70.9 Å². The molecule has 2 aliphatic heterocycles. The van der Waals surface area contributed by atoms with E-state index in [0.29, 0.717) is 72.7 Å². The Kier molecular flexibility index (Phi) is 44.5. The van der Waals surface area contributed by atoms with E-state index in [1.165, 1.54) is 40.0 Å². The molecule has 0 radical (unpaired) electrons. The molecular formula is C85H116N26O20. The summed E-state index contributed by atoms with van der Waals surface area (Å²) in [5, 5.41) is 53.3.